The summed E-state index contributed by atoms with van der Waals surface area (Å²) in [5.74, 6) is -3.62. The predicted octanol–water partition coefficient (Wildman–Crippen LogP) is 0.946. The van der Waals surface area contributed by atoms with Gasteiger partial charge in [-0.2, -0.15) is 0 Å². The van der Waals surface area contributed by atoms with Gasteiger partial charge in [-0.15, -0.1) is 0 Å². The lowest BCUT2D eigenvalue weighted by molar-refractivity contribution is -0.128. The fourth-order valence-electron chi connectivity index (χ4n) is 2.56. The van der Waals surface area contributed by atoms with Crippen molar-refractivity contribution in [2.24, 2.45) is 0 Å². The molecule has 0 spiro atoms. The molecule has 21 heavy (non-hydrogen) atoms. The van der Waals surface area contributed by atoms with E-state index in [9.17, 15) is 19.2 Å². The van der Waals surface area contributed by atoms with Crippen molar-refractivity contribution in [3.05, 3.63) is 29.3 Å². The Bertz CT molecular complexity index is 808. The van der Waals surface area contributed by atoms with Gasteiger partial charge in [-0.05, 0) is 25.0 Å². The van der Waals surface area contributed by atoms with Gasteiger partial charge in [-0.1, -0.05) is 6.07 Å². The maximum absolute atomic E-state index is 12.6. The van der Waals surface area contributed by atoms with Crippen LogP contribution >= 0.6 is 0 Å². The summed E-state index contributed by atoms with van der Waals surface area (Å²) in [5.41, 5.74) is 5.72. The number of hydrogen-bond acceptors (Lipinski definition) is 5. The Morgan fingerprint density at radius 2 is 2.00 bits per heavy atom. The van der Waals surface area contributed by atoms with Crippen molar-refractivity contribution in [1.82, 2.24) is 4.90 Å². The van der Waals surface area contributed by atoms with Gasteiger partial charge >= 0.3 is 0 Å². The lowest BCUT2D eigenvalue weighted by Gasteiger charge is -2.23. The number of rotatable bonds is 1. The number of nitrogens with two attached hydrogens (primary N) is 1. The third-order valence-corrected chi connectivity index (χ3v) is 3.54. The number of hydrogen-bond donors (Lipinski definition) is 1. The Hall–Kier alpha value is -2.50. The monoisotopic (exact) mass is 289 g/mol. The van der Waals surface area contributed by atoms with Crippen molar-refractivity contribution in [1.29, 1.82) is 0 Å². The van der Waals surface area contributed by atoms with E-state index in [0.29, 0.717) is 4.90 Å². The maximum Gasteiger partial charge on any atom is 0.264 e. The summed E-state index contributed by atoms with van der Waals surface area (Å²) in [7, 11) is 0. The van der Waals surface area contributed by atoms with Crippen LogP contribution in [0.15, 0.2) is 18.2 Å². The third-order valence-electron chi connectivity index (χ3n) is 3.54. The Morgan fingerprint density at radius 1 is 1.24 bits per heavy atom. The first-order chi connectivity index (χ1) is 11.1. The summed E-state index contributed by atoms with van der Waals surface area (Å²) in [4.78, 5) is 49.9. The smallest absolute Gasteiger partial charge is 0.264 e. The molecule has 2 N–H and O–H groups in total. The minimum Gasteiger partial charge on any atom is -0.398 e. The first kappa shape index (κ1) is 10.3. The minimum atomic E-state index is -2.32. The Kier molecular flexibility index (Phi) is 2.35. The molecule has 1 heterocycles. The molecule has 1 aromatic carbocycles. The number of imide groups is 1. The van der Waals surface area contributed by atoms with Gasteiger partial charge in [0.05, 0.1) is 24.9 Å². The third kappa shape index (κ3) is 2.03. The molecule has 3 rings (SSSR count). The van der Waals surface area contributed by atoms with Gasteiger partial charge in [0, 0.05) is 14.8 Å². The number of benzene rings is 1. The SMILES string of the molecule is [2H]C1([2H])CCC([2H])(N2C(=O)c3cccc(N)c3C2=O)C(=O)CC1=O. The zero-order valence-corrected chi connectivity index (χ0v) is 11.0. The average molecular weight is 289 g/mol. The molecular formula is C15H14N2O4. The molecular weight excluding hydrogens is 272 g/mol. The molecule has 1 unspecified atom stereocenters. The highest BCUT2D eigenvalue weighted by atomic mass is 16.2. The van der Waals surface area contributed by atoms with Crippen LogP contribution in [-0.2, 0) is 9.59 Å². The Morgan fingerprint density at radius 3 is 2.71 bits per heavy atom. The van der Waals surface area contributed by atoms with Crippen molar-refractivity contribution in [3.8, 4) is 0 Å². The number of Topliss-reactive ketones (excluding diaryl/α,β-unsaturated/α-hetero) is 2. The number of nitrogen functional groups attached to an aromatic ring is 1. The lowest BCUT2D eigenvalue weighted by atomic mass is 10.1. The minimum absolute atomic E-state index is 0.00184. The fourth-order valence-corrected chi connectivity index (χ4v) is 2.56. The largest absolute Gasteiger partial charge is 0.398 e. The summed E-state index contributed by atoms with van der Waals surface area (Å²) < 4.78 is 23.7. The van der Waals surface area contributed by atoms with E-state index >= 15 is 0 Å². The quantitative estimate of drug-likeness (QED) is 0.359. The molecule has 1 aromatic rings. The van der Waals surface area contributed by atoms with Gasteiger partial charge in [0.25, 0.3) is 11.8 Å². The van der Waals surface area contributed by atoms with E-state index in [2.05, 4.69) is 0 Å². The van der Waals surface area contributed by atoms with Crippen LogP contribution in [0.3, 0.4) is 0 Å². The Labute approximate surface area is 125 Å². The molecule has 1 aliphatic heterocycles. The van der Waals surface area contributed by atoms with Crippen LogP contribution in [0.25, 0.3) is 0 Å². The molecule has 2 aliphatic rings. The number of ketones is 2. The lowest BCUT2D eigenvalue weighted by Crippen LogP contribution is -2.44. The summed E-state index contributed by atoms with van der Waals surface area (Å²) in [6, 6.07) is 1.97. The normalized spacial score (nSPS) is 30.5. The molecule has 6 nitrogen and oxygen atoms in total. The van der Waals surface area contributed by atoms with Crippen LogP contribution in [0.1, 0.15) is 50.5 Å². The molecule has 1 saturated carbocycles. The van der Waals surface area contributed by atoms with Gasteiger partial charge in [0.2, 0.25) is 0 Å². The van der Waals surface area contributed by atoms with E-state index in [0.717, 1.165) is 0 Å². The molecule has 1 fully saturated rings. The molecule has 2 amide bonds. The molecule has 0 saturated heterocycles. The highest BCUT2D eigenvalue weighted by Crippen LogP contribution is 2.31. The first-order valence-corrected chi connectivity index (χ1v) is 6.43. The maximum atomic E-state index is 12.6. The van der Waals surface area contributed by atoms with Crippen molar-refractivity contribution in [2.45, 2.75) is 31.7 Å². The Balaban J connectivity index is 2.07. The van der Waals surface area contributed by atoms with Crippen LogP contribution in [0.2, 0.25) is 0 Å². The average Bonchev–Trinajstić information content (AvgIpc) is 2.73. The van der Waals surface area contributed by atoms with E-state index in [-0.39, 0.29) is 16.8 Å². The standard InChI is InChI=1S/C15H14N2O4/c16-10-5-2-4-9-13(10)15(21)17(14(9)20)11-6-1-3-8(18)7-12(11)19/h2,4-5,11H,1,3,6-7,16H2/i3D2,11D. The zero-order valence-electron chi connectivity index (χ0n) is 14.0. The van der Waals surface area contributed by atoms with Crippen molar-refractivity contribution in [3.63, 3.8) is 0 Å². The summed E-state index contributed by atoms with van der Waals surface area (Å²) in [5, 5.41) is 0. The number of nitrogens with zero attached hydrogens (tertiary/aromatic N) is 1. The molecule has 0 aromatic heterocycles. The number of amides is 2. The second-order valence-electron chi connectivity index (χ2n) is 4.86. The van der Waals surface area contributed by atoms with Crippen LogP contribution in [0, 0.1) is 0 Å². The van der Waals surface area contributed by atoms with Crippen molar-refractivity contribution >= 4 is 29.1 Å². The van der Waals surface area contributed by atoms with Crippen molar-refractivity contribution < 1.29 is 23.3 Å². The van der Waals surface area contributed by atoms with Gasteiger partial charge < -0.3 is 5.73 Å². The van der Waals surface area contributed by atoms with E-state index in [1.54, 1.807) is 0 Å². The zero-order chi connectivity index (χ0) is 17.9. The van der Waals surface area contributed by atoms with E-state index in [1.165, 1.54) is 18.2 Å². The van der Waals surface area contributed by atoms with Crippen LogP contribution in [-0.4, -0.2) is 34.3 Å². The highest BCUT2D eigenvalue weighted by Gasteiger charge is 2.44. The summed E-state index contributed by atoms with van der Waals surface area (Å²) >= 11 is 0. The topological polar surface area (TPSA) is 97.5 Å². The molecule has 0 bridgehead atoms. The van der Waals surface area contributed by atoms with Gasteiger partial charge in [-0.25, -0.2) is 0 Å². The molecule has 6 heteroatoms. The molecule has 1 aliphatic carbocycles. The number of fused-ring (bicyclic) bond motifs is 1. The highest BCUT2D eigenvalue weighted by molar-refractivity contribution is 6.25. The number of anilines is 1. The predicted molar refractivity (Wildman–Crippen MR) is 73.6 cm³/mol. The van der Waals surface area contributed by atoms with E-state index in [4.69, 9.17) is 9.85 Å². The van der Waals surface area contributed by atoms with Crippen molar-refractivity contribution in [2.75, 3.05) is 5.73 Å². The first-order valence-electron chi connectivity index (χ1n) is 7.93. The van der Waals surface area contributed by atoms with Crippen LogP contribution < -0.4 is 5.73 Å². The molecule has 1 atom stereocenters. The van der Waals surface area contributed by atoms with Crippen LogP contribution in [0.5, 0.6) is 0 Å². The van der Waals surface area contributed by atoms with Crippen LogP contribution in [0.4, 0.5) is 5.69 Å². The fraction of sp³-hybridized carbons (Fsp3) is 0.333. The number of carbonyl (C=O) groups is 4. The van der Waals surface area contributed by atoms with Gasteiger partial charge in [0.1, 0.15) is 5.78 Å². The van der Waals surface area contributed by atoms with Gasteiger partial charge in [0.15, 0.2) is 5.78 Å². The van der Waals surface area contributed by atoms with E-state index in [1.807, 2.05) is 0 Å². The number of carbonyl (C=O) groups excluding carboxylic acids is 4. The summed E-state index contributed by atoms with van der Waals surface area (Å²) in [6.07, 6.45) is -3.98. The molecule has 0 radical (unpaired) electrons. The van der Waals surface area contributed by atoms with Gasteiger partial charge in [-0.3, -0.25) is 24.1 Å². The molecule has 108 valence electrons. The summed E-state index contributed by atoms with van der Waals surface area (Å²) in [6.45, 7) is 0. The second-order valence-corrected chi connectivity index (χ2v) is 4.86. The van der Waals surface area contributed by atoms with E-state index < -0.39 is 55.0 Å². The second kappa shape index (κ2) is 4.80.